The van der Waals surface area contributed by atoms with Gasteiger partial charge in [-0.3, -0.25) is 4.79 Å². The summed E-state index contributed by atoms with van der Waals surface area (Å²) in [5.41, 5.74) is 2.77. The van der Waals surface area contributed by atoms with Crippen LogP contribution < -0.4 is 9.47 Å². The molecule has 0 radical (unpaired) electrons. The van der Waals surface area contributed by atoms with E-state index in [0.717, 1.165) is 41.2 Å². The van der Waals surface area contributed by atoms with Gasteiger partial charge in [-0.05, 0) is 62.9 Å². The van der Waals surface area contributed by atoms with Crippen molar-refractivity contribution in [1.29, 1.82) is 0 Å². The number of aryl methyl sites for hydroxylation is 1. The van der Waals surface area contributed by atoms with E-state index in [2.05, 4.69) is 14.3 Å². The van der Waals surface area contributed by atoms with Crippen molar-refractivity contribution in [3.8, 4) is 22.9 Å². The van der Waals surface area contributed by atoms with E-state index in [1.807, 2.05) is 45.0 Å². The maximum absolute atomic E-state index is 12.5. The summed E-state index contributed by atoms with van der Waals surface area (Å²) >= 11 is 0. The van der Waals surface area contributed by atoms with Gasteiger partial charge >= 0.3 is 12.6 Å². The van der Waals surface area contributed by atoms with Gasteiger partial charge in [-0.15, -0.1) is 0 Å². The molecule has 0 amide bonds. The Balaban J connectivity index is 1.64. The van der Waals surface area contributed by atoms with E-state index >= 15 is 0 Å². The zero-order chi connectivity index (χ0) is 25.2. The predicted molar refractivity (Wildman–Crippen MR) is 130 cm³/mol. The quantitative estimate of drug-likeness (QED) is 0.211. The Morgan fingerprint density at radius 1 is 1.11 bits per heavy atom. The maximum atomic E-state index is 12.5. The van der Waals surface area contributed by atoms with Gasteiger partial charge in [-0.2, -0.15) is 8.78 Å². The SMILES string of the molecule is CCOC(=O)C[C@H](C)CCCOc1ccccc1Cn1c(C)cnc1-c1ccc(OC(F)F)cc1. The van der Waals surface area contributed by atoms with Crippen molar-refractivity contribution in [2.75, 3.05) is 13.2 Å². The number of nitrogens with zero attached hydrogens (tertiary/aromatic N) is 2. The van der Waals surface area contributed by atoms with Crippen molar-refractivity contribution in [2.24, 2.45) is 5.92 Å². The third-order valence-corrected chi connectivity index (χ3v) is 5.61. The highest BCUT2D eigenvalue weighted by Gasteiger charge is 2.14. The van der Waals surface area contributed by atoms with Crippen molar-refractivity contribution < 1.29 is 27.8 Å². The van der Waals surface area contributed by atoms with Crippen LogP contribution in [-0.4, -0.2) is 35.3 Å². The van der Waals surface area contributed by atoms with Gasteiger partial charge in [-0.25, -0.2) is 4.98 Å². The summed E-state index contributed by atoms with van der Waals surface area (Å²) in [6.45, 7) is 4.46. The second-order valence-corrected chi connectivity index (χ2v) is 8.42. The smallest absolute Gasteiger partial charge is 0.387 e. The van der Waals surface area contributed by atoms with E-state index < -0.39 is 6.61 Å². The lowest BCUT2D eigenvalue weighted by Crippen LogP contribution is -2.11. The van der Waals surface area contributed by atoms with Gasteiger partial charge in [0.15, 0.2) is 0 Å². The number of benzene rings is 2. The molecule has 0 N–H and O–H groups in total. The summed E-state index contributed by atoms with van der Waals surface area (Å²) in [6.07, 6.45) is 3.91. The zero-order valence-electron chi connectivity index (χ0n) is 20.4. The van der Waals surface area contributed by atoms with Crippen LogP contribution in [0.5, 0.6) is 11.5 Å². The number of hydrogen-bond donors (Lipinski definition) is 0. The Morgan fingerprint density at radius 2 is 1.86 bits per heavy atom. The molecule has 1 atom stereocenters. The van der Waals surface area contributed by atoms with Gasteiger partial charge in [0.05, 0.1) is 19.8 Å². The molecule has 3 rings (SSSR count). The molecule has 0 fully saturated rings. The van der Waals surface area contributed by atoms with E-state index in [9.17, 15) is 13.6 Å². The molecule has 1 heterocycles. The van der Waals surface area contributed by atoms with E-state index in [4.69, 9.17) is 9.47 Å². The van der Waals surface area contributed by atoms with Gasteiger partial charge in [-0.1, -0.05) is 25.1 Å². The Hall–Kier alpha value is -3.42. The van der Waals surface area contributed by atoms with Crippen molar-refractivity contribution in [2.45, 2.75) is 53.2 Å². The van der Waals surface area contributed by atoms with Crippen LogP contribution in [0.3, 0.4) is 0 Å². The number of imidazole rings is 1. The van der Waals surface area contributed by atoms with E-state index in [0.29, 0.717) is 26.2 Å². The molecule has 0 aliphatic rings. The summed E-state index contributed by atoms with van der Waals surface area (Å²) in [4.78, 5) is 16.2. The number of ether oxygens (including phenoxy) is 3. The summed E-state index contributed by atoms with van der Waals surface area (Å²) in [5, 5.41) is 0. The first-order valence-corrected chi connectivity index (χ1v) is 11.8. The van der Waals surface area contributed by atoms with Crippen LogP contribution in [0.4, 0.5) is 8.78 Å². The molecule has 188 valence electrons. The van der Waals surface area contributed by atoms with Crippen LogP contribution in [0, 0.1) is 12.8 Å². The number of rotatable bonds is 13. The number of esters is 1. The average molecular weight is 487 g/mol. The molecule has 8 heteroatoms. The standard InChI is InChI=1S/C27H32F2N2O4/c1-4-33-25(32)16-19(2)8-7-15-34-24-10-6-5-9-22(24)18-31-20(3)17-30-26(31)21-11-13-23(14-12-21)35-27(28)29/h5-6,9-14,17,19,27H,4,7-8,15-16,18H2,1-3H3/t19-/m1/s1. The average Bonchev–Trinajstić information content (AvgIpc) is 3.18. The fourth-order valence-electron chi connectivity index (χ4n) is 3.84. The number of hydrogen-bond acceptors (Lipinski definition) is 5. The first-order chi connectivity index (χ1) is 16.9. The first kappa shape index (κ1) is 26.2. The number of halogens is 2. The third kappa shape index (κ3) is 7.80. The minimum atomic E-state index is -2.86. The van der Waals surface area contributed by atoms with Gasteiger partial charge in [0, 0.05) is 29.4 Å². The van der Waals surface area contributed by atoms with Crippen LogP contribution in [0.15, 0.2) is 54.7 Å². The normalized spacial score (nSPS) is 11.9. The minimum Gasteiger partial charge on any atom is -0.493 e. The highest BCUT2D eigenvalue weighted by atomic mass is 19.3. The molecule has 3 aromatic rings. The number of carbonyl (C=O) groups excluding carboxylic acids is 1. The Bertz CT molecular complexity index is 1080. The van der Waals surface area contributed by atoms with Crippen LogP contribution in [-0.2, 0) is 16.1 Å². The number of alkyl halides is 2. The van der Waals surface area contributed by atoms with Crippen LogP contribution in [0.25, 0.3) is 11.4 Å². The molecule has 0 saturated heterocycles. The molecule has 2 aromatic carbocycles. The molecule has 6 nitrogen and oxygen atoms in total. The lowest BCUT2D eigenvalue weighted by Gasteiger charge is -2.16. The second kappa shape index (κ2) is 12.9. The second-order valence-electron chi connectivity index (χ2n) is 8.42. The molecular formula is C27H32F2N2O4. The molecule has 0 saturated carbocycles. The summed E-state index contributed by atoms with van der Waals surface area (Å²) < 4.78 is 42.5. The van der Waals surface area contributed by atoms with E-state index in [1.54, 1.807) is 18.3 Å². The maximum Gasteiger partial charge on any atom is 0.387 e. The molecule has 0 spiro atoms. The van der Waals surface area contributed by atoms with Gasteiger partial charge in [0.25, 0.3) is 0 Å². The van der Waals surface area contributed by atoms with Crippen LogP contribution in [0.2, 0.25) is 0 Å². The zero-order valence-corrected chi connectivity index (χ0v) is 20.4. The van der Waals surface area contributed by atoms with Crippen LogP contribution in [0.1, 0.15) is 44.4 Å². The monoisotopic (exact) mass is 486 g/mol. The summed E-state index contributed by atoms with van der Waals surface area (Å²) in [7, 11) is 0. The van der Waals surface area contributed by atoms with Crippen molar-refractivity contribution in [3.63, 3.8) is 0 Å². The van der Waals surface area contributed by atoms with Gasteiger partial charge < -0.3 is 18.8 Å². The molecular weight excluding hydrogens is 454 g/mol. The number of aromatic nitrogens is 2. The number of carbonyl (C=O) groups is 1. The van der Waals surface area contributed by atoms with Crippen molar-refractivity contribution in [3.05, 3.63) is 66.0 Å². The Morgan fingerprint density at radius 3 is 2.57 bits per heavy atom. The molecule has 0 aliphatic heterocycles. The lowest BCUT2D eigenvalue weighted by molar-refractivity contribution is -0.144. The van der Waals surface area contributed by atoms with Crippen molar-refractivity contribution >= 4 is 5.97 Å². The minimum absolute atomic E-state index is 0.105. The highest BCUT2D eigenvalue weighted by molar-refractivity contribution is 5.69. The number of para-hydroxylation sites is 1. The molecule has 0 unspecified atom stereocenters. The van der Waals surface area contributed by atoms with Gasteiger partial charge in [0.1, 0.15) is 17.3 Å². The Labute approximate surface area is 204 Å². The highest BCUT2D eigenvalue weighted by Crippen LogP contribution is 2.27. The fourth-order valence-corrected chi connectivity index (χ4v) is 3.84. The van der Waals surface area contributed by atoms with Gasteiger partial charge in [0.2, 0.25) is 0 Å². The molecule has 1 aromatic heterocycles. The topological polar surface area (TPSA) is 62.6 Å². The Kier molecular flexibility index (Phi) is 9.64. The molecule has 0 bridgehead atoms. The lowest BCUT2D eigenvalue weighted by atomic mass is 10.0. The van der Waals surface area contributed by atoms with Crippen LogP contribution >= 0.6 is 0 Å². The summed E-state index contributed by atoms with van der Waals surface area (Å²) in [5.74, 6) is 1.71. The fraction of sp³-hybridized carbons (Fsp3) is 0.407. The largest absolute Gasteiger partial charge is 0.493 e. The molecule has 35 heavy (non-hydrogen) atoms. The molecule has 0 aliphatic carbocycles. The van der Waals surface area contributed by atoms with E-state index in [1.165, 1.54) is 12.1 Å². The first-order valence-electron chi connectivity index (χ1n) is 11.8. The predicted octanol–water partition coefficient (Wildman–Crippen LogP) is 6.26. The third-order valence-electron chi connectivity index (χ3n) is 5.61. The van der Waals surface area contributed by atoms with Crippen molar-refractivity contribution in [1.82, 2.24) is 9.55 Å². The van der Waals surface area contributed by atoms with E-state index in [-0.39, 0.29) is 17.6 Å². The summed E-state index contributed by atoms with van der Waals surface area (Å²) in [6, 6.07) is 14.3.